The molecular weight excluding hydrogens is 432 g/mol. The molecule has 0 spiro atoms. The molecule has 2 aromatic carbocycles. The molecule has 0 unspecified atom stereocenters. The van der Waals surface area contributed by atoms with Gasteiger partial charge in [0.1, 0.15) is 6.54 Å². The smallest absolute Gasteiger partial charge is 0.262 e. The molecule has 0 bridgehead atoms. The SMILES string of the molecule is CN1CCN(S(=O)(=O)c2ccc(CNC(=O)CN3C(=O)c4ccccc4C3=O)cc2)CC1. The van der Waals surface area contributed by atoms with Gasteiger partial charge in [-0.15, -0.1) is 0 Å². The number of nitrogens with one attached hydrogen (secondary N) is 1. The number of carbonyl (C=O) groups excluding carboxylic acids is 3. The molecule has 1 fully saturated rings. The van der Waals surface area contributed by atoms with Crippen LogP contribution in [0.1, 0.15) is 26.3 Å². The molecule has 168 valence electrons. The maximum absolute atomic E-state index is 12.8. The van der Waals surface area contributed by atoms with Gasteiger partial charge in [-0.1, -0.05) is 24.3 Å². The van der Waals surface area contributed by atoms with Crippen molar-refractivity contribution in [3.8, 4) is 0 Å². The lowest BCUT2D eigenvalue weighted by molar-refractivity contribution is -0.121. The van der Waals surface area contributed by atoms with Crippen LogP contribution in [0, 0.1) is 0 Å². The van der Waals surface area contributed by atoms with Gasteiger partial charge in [0, 0.05) is 32.7 Å². The highest BCUT2D eigenvalue weighted by Gasteiger charge is 2.36. The molecule has 2 aliphatic rings. The fraction of sp³-hybridized carbons (Fsp3) is 0.318. The number of fused-ring (bicyclic) bond motifs is 1. The Morgan fingerprint density at radius 1 is 0.906 bits per heavy atom. The number of nitrogens with zero attached hydrogens (tertiary/aromatic N) is 3. The number of likely N-dealkylation sites (N-methyl/N-ethyl adjacent to an activating group) is 1. The predicted octanol–water partition coefficient (Wildman–Crippen LogP) is 0.535. The van der Waals surface area contributed by atoms with Crippen LogP contribution in [-0.4, -0.2) is 80.0 Å². The van der Waals surface area contributed by atoms with Gasteiger partial charge in [-0.05, 0) is 36.9 Å². The van der Waals surface area contributed by atoms with Crippen LogP contribution in [0.15, 0.2) is 53.4 Å². The van der Waals surface area contributed by atoms with Crippen LogP contribution >= 0.6 is 0 Å². The second-order valence-corrected chi connectivity index (χ2v) is 9.81. The van der Waals surface area contributed by atoms with E-state index in [-0.39, 0.29) is 18.0 Å². The molecule has 0 saturated carbocycles. The number of hydrogen-bond acceptors (Lipinski definition) is 6. The van der Waals surface area contributed by atoms with E-state index in [9.17, 15) is 22.8 Å². The first-order valence-corrected chi connectivity index (χ1v) is 11.7. The third kappa shape index (κ3) is 4.29. The summed E-state index contributed by atoms with van der Waals surface area (Å²) in [6.07, 6.45) is 0. The number of rotatable bonds is 6. The van der Waals surface area contributed by atoms with Crippen molar-refractivity contribution in [3.63, 3.8) is 0 Å². The lowest BCUT2D eigenvalue weighted by Crippen LogP contribution is -2.47. The summed E-state index contributed by atoms with van der Waals surface area (Å²) < 4.78 is 27.1. The van der Waals surface area contributed by atoms with E-state index < -0.39 is 27.7 Å². The lowest BCUT2D eigenvalue weighted by atomic mass is 10.1. The summed E-state index contributed by atoms with van der Waals surface area (Å²) in [5, 5.41) is 2.67. The Labute approximate surface area is 186 Å². The molecule has 4 rings (SSSR count). The molecule has 3 amide bonds. The topological polar surface area (TPSA) is 107 Å². The van der Waals surface area contributed by atoms with E-state index in [4.69, 9.17) is 0 Å². The molecule has 9 nitrogen and oxygen atoms in total. The Morgan fingerprint density at radius 2 is 1.47 bits per heavy atom. The third-order valence-corrected chi connectivity index (χ3v) is 7.61. The first-order chi connectivity index (χ1) is 15.3. The summed E-state index contributed by atoms with van der Waals surface area (Å²) in [6, 6.07) is 12.8. The highest BCUT2D eigenvalue weighted by molar-refractivity contribution is 7.89. The van der Waals surface area contributed by atoms with E-state index in [1.165, 1.54) is 16.4 Å². The Balaban J connectivity index is 1.33. The summed E-state index contributed by atoms with van der Waals surface area (Å²) in [6.45, 7) is 2.06. The minimum Gasteiger partial charge on any atom is -0.350 e. The van der Waals surface area contributed by atoms with Gasteiger partial charge in [0.2, 0.25) is 15.9 Å². The maximum Gasteiger partial charge on any atom is 0.262 e. The van der Waals surface area contributed by atoms with Crippen molar-refractivity contribution in [2.24, 2.45) is 0 Å². The summed E-state index contributed by atoms with van der Waals surface area (Å²) in [5.41, 5.74) is 1.29. The van der Waals surface area contributed by atoms with Gasteiger partial charge in [0.05, 0.1) is 16.0 Å². The van der Waals surface area contributed by atoms with E-state index in [2.05, 4.69) is 10.2 Å². The molecule has 2 heterocycles. The van der Waals surface area contributed by atoms with Gasteiger partial charge in [-0.25, -0.2) is 8.42 Å². The number of amides is 3. The number of imide groups is 1. The van der Waals surface area contributed by atoms with Crippen molar-refractivity contribution in [3.05, 3.63) is 65.2 Å². The molecule has 1 N–H and O–H groups in total. The van der Waals surface area contributed by atoms with Crippen LogP contribution < -0.4 is 5.32 Å². The Morgan fingerprint density at radius 3 is 2.03 bits per heavy atom. The summed E-state index contributed by atoms with van der Waals surface area (Å²) in [4.78, 5) is 40.2. The molecule has 0 aromatic heterocycles. The normalized spacial score (nSPS) is 17.5. The van der Waals surface area contributed by atoms with E-state index in [1.54, 1.807) is 36.4 Å². The van der Waals surface area contributed by atoms with Gasteiger partial charge in [-0.2, -0.15) is 4.31 Å². The van der Waals surface area contributed by atoms with Gasteiger partial charge in [-0.3, -0.25) is 19.3 Å². The molecule has 32 heavy (non-hydrogen) atoms. The first-order valence-electron chi connectivity index (χ1n) is 10.3. The van der Waals surface area contributed by atoms with Crippen molar-refractivity contribution < 1.29 is 22.8 Å². The zero-order valence-electron chi connectivity index (χ0n) is 17.7. The average molecular weight is 457 g/mol. The molecule has 0 aliphatic carbocycles. The van der Waals surface area contributed by atoms with Crippen LogP contribution in [0.4, 0.5) is 0 Å². The zero-order valence-corrected chi connectivity index (χ0v) is 18.5. The van der Waals surface area contributed by atoms with Crippen molar-refractivity contribution in [2.45, 2.75) is 11.4 Å². The lowest BCUT2D eigenvalue weighted by Gasteiger charge is -2.31. The van der Waals surface area contributed by atoms with Crippen molar-refractivity contribution in [2.75, 3.05) is 39.8 Å². The molecule has 0 atom stereocenters. The molecule has 10 heteroatoms. The molecule has 0 radical (unpaired) electrons. The Kier molecular flexibility index (Phi) is 6.09. The van der Waals surface area contributed by atoms with Crippen LogP contribution in [0.3, 0.4) is 0 Å². The second-order valence-electron chi connectivity index (χ2n) is 7.87. The number of carbonyl (C=O) groups is 3. The minimum atomic E-state index is -3.55. The van der Waals surface area contributed by atoms with Crippen molar-refractivity contribution >= 4 is 27.7 Å². The third-order valence-electron chi connectivity index (χ3n) is 5.69. The quantitative estimate of drug-likeness (QED) is 0.636. The number of hydrogen-bond donors (Lipinski definition) is 1. The van der Waals surface area contributed by atoms with Gasteiger partial charge in [0.25, 0.3) is 11.8 Å². The highest BCUT2D eigenvalue weighted by atomic mass is 32.2. The maximum atomic E-state index is 12.8. The monoisotopic (exact) mass is 456 g/mol. The molecule has 2 aliphatic heterocycles. The summed E-state index contributed by atoms with van der Waals surface area (Å²) in [5.74, 6) is -1.45. The molecule has 2 aromatic rings. The summed E-state index contributed by atoms with van der Waals surface area (Å²) >= 11 is 0. The van der Waals surface area contributed by atoms with E-state index >= 15 is 0 Å². The Bertz CT molecular complexity index is 1120. The van der Waals surface area contributed by atoms with E-state index in [1.807, 2.05) is 7.05 Å². The molecular formula is C22H24N4O5S. The second kappa shape index (κ2) is 8.81. The van der Waals surface area contributed by atoms with Crippen LogP contribution in [0.5, 0.6) is 0 Å². The van der Waals surface area contributed by atoms with Crippen molar-refractivity contribution in [1.82, 2.24) is 19.4 Å². The van der Waals surface area contributed by atoms with Gasteiger partial charge < -0.3 is 10.2 Å². The molecule has 1 saturated heterocycles. The Hall–Kier alpha value is -3.08. The largest absolute Gasteiger partial charge is 0.350 e. The minimum absolute atomic E-state index is 0.150. The van der Waals surface area contributed by atoms with Crippen LogP contribution in [-0.2, 0) is 21.4 Å². The van der Waals surface area contributed by atoms with Crippen LogP contribution in [0.2, 0.25) is 0 Å². The number of piperazine rings is 1. The number of sulfonamides is 1. The highest BCUT2D eigenvalue weighted by Crippen LogP contribution is 2.22. The van der Waals surface area contributed by atoms with Gasteiger partial charge in [0.15, 0.2) is 0 Å². The van der Waals surface area contributed by atoms with E-state index in [0.29, 0.717) is 42.9 Å². The fourth-order valence-corrected chi connectivity index (χ4v) is 5.16. The summed E-state index contributed by atoms with van der Waals surface area (Å²) in [7, 11) is -1.59. The van der Waals surface area contributed by atoms with Crippen LogP contribution in [0.25, 0.3) is 0 Å². The van der Waals surface area contributed by atoms with Crippen molar-refractivity contribution in [1.29, 1.82) is 0 Å². The van der Waals surface area contributed by atoms with E-state index in [0.717, 1.165) is 4.90 Å². The number of benzene rings is 2. The first kappa shape index (κ1) is 22.1. The van der Waals surface area contributed by atoms with Gasteiger partial charge >= 0.3 is 0 Å². The zero-order chi connectivity index (χ0) is 22.9. The fourth-order valence-electron chi connectivity index (χ4n) is 3.74. The predicted molar refractivity (Wildman–Crippen MR) is 116 cm³/mol. The average Bonchev–Trinajstić information content (AvgIpc) is 3.03. The standard InChI is InChI=1S/C22H24N4O5S/c1-24-10-12-25(13-11-24)32(30,31)17-8-6-16(7-9-17)14-23-20(27)15-26-21(28)18-4-2-3-5-19(18)22(26)29/h2-9H,10-15H2,1H3,(H,23,27).